The highest BCUT2D eigenvalue weighted by Crippen LogP contribution is 2.21. The largest absolute Gasteiger partial charge is 0.255 e. The Bertz CT molecular complexity index is 182. The minimum absolute atomic E-state index is 0.139. The van der Waals surface area contributed by atoms with Crippen LogP contribution in [0, 0.1) is 0 Å². The maximum Gasteiger partial charge on any atom is 0.251 e. The third-order valence-electron chi connectivity index (χ3n) is 4.16. The van der Waals surface area contributed by atoms with Gasteiger partial charge in [0.1, 0.15) is 0 Å². The predicted octanol–water partition coefficient (Wildman–Crippen LogP) is 4.85. The summed E-state index contributed by atoms with van der Waals surface area (Å²) in [4.78, 5) is 0. The Morgan fingerprint density at radius 3 is 1.90 bits per heavy atom. The summed E-state index contributed by atoms with van der Waals surface area (Å²) in [6.07, 6.45) is 15.8. The van der Waals surface area contributed by atoms with Crippen molar-refractivity contribution in [1.82, 2.24) is 10.4 Å². The predicted molar refractivity (Wildman–Crippen MR) is 92.6 cm³/mol. The lowest BCUT2D eigenvalue weighted by Gasteiger charge is -2.34. The fourth-order valence-corrected chi connectivity index (χ4v) is 3.12. The normalized spacial score (nSPS) is 23.6. The Kier molecular flexibility index (Phi) is 11.1. The van der Waals surface area contributed by atoms with Gasteiger partial charge in [0.25, 0.3) is 14.1 Å². The minimum atomic E-state index is -0.139. The van der Waals surface area contributed by atoms with Crippen molar-refractivity contribution >= 4 is 14.1 Å². The molecular weight excluding hydrogens is 259 g/mol. The smallest absolute Gasteiger partial charge is 0.251 e. The zero-order chi connectivity index (χ0) is 14.6. The van der Waals surface area contributed by atoms with Crippen LogP contribution in [0.5, 0.6) is 0 Å². The molecule has 3 heteroatoms. The van der Waals surface area contributed by atoms with Crippen LogP contribution in [0.2, 0.25) is 17.4 Å². The van der Waals surface area contributed by atoms with Crippen LogP contribution >= 0.6 is 0 Å². The monoisotopic (exact) mass is 296 g/mol. The van der Waals surface area contributed by atoms with Gasteiger partial charge in [-0.25, -0.2) is 5.01 Å². The molecule has 0 aromatic carbocycles. The summed E-state index contributed by atoms with van der Waals surface area (Å²) in [6, 6.07) is 0.832. The molecule has 1 saturated carbocycles. The van der Waals surface area contributed by atoms with Crippen molar-refractivity contribution < 1.29 is 0 Å². The fourth-order valence-electron chi connectivity index (χ4n) is 3.12. The molecule has 1 saturated heterocycles. The third-order valence-corrected chi connectivity index (χ3v) is 4.16. The minimum Gasteiger partial charge on any atom is -0.255 e. The summed E-state index contributed by atoms with van der Waals surface area (Å²) in [5.41, 5.74) is 3.67. The van der Waals surface area contributed by atoms with Crippen molar-refractivity contribution in [3.05, 3.63) is 0 Å². The second-order valence-electron chi connectivity index (χ2n) is 7.25. The van der Waals surface area contributed by atoms with Crippen molar-refractivity contribution in [2.45, 2.75) is 94.0 Å². The molecule has 1 heterocycles. The summed E-state index contributed by atoms with van der Waals surface area (Å²) < 4.78 is 0. The molecule has 0 spiro atoms. The zero-order valence-corrected chi connectivity index (χ0v) is 15.4. The van der Waals surface area contributed by atoms with Gasteiger partial charge in [-0.1, -0.05) is 44.9 Å². The van der Waals surface area contributed by atoms with Crippen LogP contribution in [0.3, 0.4) is 0 Å². The van der Waals surface area contributed by atoms with E-state index < -0.39 is 0 Å². The van der Waals surface area contributed by atoms with E-state index in [0.717, 1.165) is 6.04 Å². The second-order valence-corrected chi connectivity index (χ2v) is 10.7. The van der Waals surface area contributed by atoms with Crippen LogP contribution in [0.25, 0.3) is 0 Å². The highest BCUT2D eigenvalue weighted by Gasteiger charge is 2.19. The van der Waals surface area contributed by atoms with Gasteiger partial charge >= 0.3 is 0 Å². The highest BCUT2D eigenvalue weighted by molar-refractivity contribution is 6.54. The van der Waals surface area contributed by atoms with E-state index in [1.165, 1.54) is 83.7 Å². The van der Waals surface area contributed by atoms with Crippen molar-refractivity contribution in [3.8, 4) is 0 Å². The average Bonchev–Trinajstić information content (AvgIpc) is 2.28. The van der Waals surface area contributed by atoms with Crippen LogP contribution in [-0.2, 0) is 0 Å². The summed E-state index contributed by atoms with van der Waals surface area (Å²) in [7, 11) is 0. The molecule has 2 fully saturated rings. The topological polar surface area (TPSA) is 15.3 Å². The molecule has 0 unspecified atom stereocenters. The van der Waals surface area contributed by atoms with Gasteiger partial charge in [-0.3, -0.25) is 5.43 Å². The van der Waals surface area contributed by atoms with Crippen LogP contribution < -0.4 is 5.43 Å². The van der Waals surface area contributed by atoms with E-state index in [1.807, 2.05) is 0 Å². The number of hydrazine groups is 1. The number of hydrogen-bond acceptors (Lipinski definition) is 2. The molecule has 2 aliphatic rings. The highest BCUT2D eigenvalue weighted by atomic mass is 27.2. The third kappa shape index (κ3) is 9.40. The maximum atomic E-state index is 3.67. The first-order valence-electron chi connectivity index (χ1n) is 9.20. The van der Waals surface area contributed by atoms with E-state index in [4.69, 9.17) is 0 Å². The molecule has 20 heavy (non-hydrogen) atoms. The van der Waals surface area contributed by atoms with Gasteiger partial charge in [-0.05, 0) is 25.7 Å². The molecule has 1 N–H and O–H groups in total. The molecule has 1 aliphatic heterocycles. The molecule has 2 rings (SSSR count). The average molecular weight is 296 g/mol. The number of hydrogen-bond donors (Lipinski definition) is 1. The van der Waals surface area contributed by atoms with Gasteiger partial charge in [-0.2, -0.15) is 0 Å². The maximum absolute atomic E-state index is 3.67. The second kappa shape index (κ2) is 12.0. The Hall–Kier alpha value is 0.452. The first-order valence-corrected chi connectivity index (χ1v) is 12.7. The molecule has 0 radical (unpaired) electrons. The number of nitrogens with one attached hydrogen (secondary N) is 1. The van der Waals surface area contributed by atoms with Crippen LogP contribution in [-0.4, -0.2) is 38.3 Å². The molecular formula is C17H37AlN2. The number of rotatable bonds is 1. The quantitative estimate of drug-likeness (QED) is 0.696. The Labute approximate surface area is 132 Å². The van der Waals surface area contributed by atoms with Crippen molar-refractivity contribution in [2.75, 3.05) is 13.1 Å². The van der Waals surface area contributed by atoms with Crippen LogP contribution in [0.1, 0.15) is 70.6 Å². The van der Waals surface area contributed by atoms with Crippen LogP contribution in [0.4, 0.5) is 0 Å². The van der Waals surface area contributed by atoms with E-state index in [0.29, 0.717) is 0 Å². The van der Waals surface area contributed by atoms with Gasteiger partial charge in [0.15, 0.2) is 0 Å². The van der Waals surface area contributed by atoms with Gasteiger partial charge in [0.05, 0.1) is 0 Å². The standard InChI is InChI=1S/C14H28N2.3CH3.Al/c1-2-6-10-14(11-7-3-1)16-13-9-5-4-8-12-15-16;;;;/h14-15H,1-13H2;3*1H3;. The summed E-state index contributed by atoms with van der Waals surface area (Å²) >= 11 is -0.139. The molecule has 2 nitrogen and oxygen atoms in total. The van der Waals surface area contributed by atoms with Gasteiger partial charge in [-0.15, -0.1) is 17.4 Å². The SMILES string of the molecule is C1CCCC(N2CCCCCCN2)CCC1.[CH3][Al]([CH3])[CH3]. The fraction of sp³-hybridized carbons (Fsp3) is 1.00. The van der Waals surface area contributed by atoms with Crippen molar-refractivity contribution in [1.29, 1.82) is 0 Å². The van der Waals surface area contributed by atoms with E-state index in [-0.39, 0.29) is 14.1 Å². The molecule has 118 valence electrons. The summed E-state index contributed by atoms with van der Waals surface area (Å²) in [5, 5.41) is 2.59. The molecule has 0 amide bonds. The van der Waals surface area contributed by atoms with E-state index in [2.05, 4.69) is 27.8 Å². The lowest BCUT2D eigenvalue weighted by Crippen LogP contribution is -2.47. The summed E-state index contributed by atoms with van der Waals surface area (Å²) in [5.74, 6) is 6.92. The van der Waals surface area contributed by atoms with E-state index in [1.54, 1.807) is 0 Å². The Morgan fingerprint density at radius 1 is 0.750 bits per heavy atom. The van der Waals surface area contributed by atoms with Gasteiger partial charge in [0, 0.05) is 19.1 Å². The number of nitrogens with zero attached hydrogens (tertiary/aromatic N) is 1. The zero-order valence-electron chi connectivity index (χ0n) is 14.3. The van der Waals surface area contributed by atoms with Gasteiger partial charge in [0.2, 0.25) is 0 Å². The van der Waals surface area contributed by atoms with E-state index >= 15 is 0 Å². The van der Waals surface area contributed by atoms with Crippen LogP contribution in [0.15, 0.2) is 0 Å². The van der Waals surface area contributed by atoms with Crippen molar-refractivity contribution in [3.63, 3.8) is 0 Å². The first-order chi connectivity index (χ1) is 9.70. The molecule has 0 bridgehead atoms. The molecule has 0 aromatic heterocycles. The van der Waals surface area contributed by atoms with Gasteiger partial charge < -0.3 is 0 Å². The lowest BCUT2D eigenvalue weighted by atomic mass is 9.96. The lowest BCUT2D eigenvalue weighted by molar-refractivity contribution is 0.0927. The molecule has 1 aliphatic carbocycles. The Balaban J connectivity index is 0.000000444. The summed E-state index contributed by atoms with van der Waals surface area (Å²) in [6.45, 7) is 2.49. The molecule has 0 aromatic rings. The first kappa shape index (κ1) is 18.5. The molecule has 0 atom stereocenters. The van der Waals surface area contributed by atoms with Crippen molar-refractivity contribution in [2.24, 2.45) is 0 Å². The van der Waals surface area contributed by atoms with E-state index in [9.17, 15) is 0 Å². The Morgan fingerprint density at radius 2 is 1.25 bits per heavy atom.